The maximum Gasteiger partial charge on any atom is 0.161 e. The van der Waals surface area contributed by atoms with E-state index in [0.29, 0.717) is 11.8 Å². The lowest BCUT2D eigenvalue weighted by Crippen LogP contribution is -2.26. The predicted molar refractivity (Wildman–Crippen MR) is 70.9 cm³/mol. The van der Waals surface area contributed by atoms with Crippen LogP contribution in [-0.4, -0.2) is 13.2 Å². The lowest BCUT2D eigenvalue weighted by molar-refractivity contribution is 0.228. The van der Waals surface area contributed by atoms with Crippen LogP contribution in [0.4, 0.5) is 0 Å². The van der Waals surface area contributed by atoms with Gasteiger partial charge in [-0.15, -0.1) is 0 Å². The molecule has 98 valence electrons. The van der Waals surface area contributed by atoms with Gasteiger partial charge >= 0.3 is 0 Å². The van der Waals surface area contributed by atoms with Crippen LogP contribution in [0.1, 0.15) is 37.8 Å². The number of nitrogens with two attached hydrogens (primary N) is 1. The number of ether oxygens (including phenoxy) is 2. The van der Waals surface area contributed by atoms with Crippen LogP contribution in [0.5, 0.6) is 11.5 Å². The zero-order chi connectivity index (χ0) is 12.5. The largest absolute Gasteiger partial charge is 0.489 e. The standard InChI is InChI=1S/C15H21NO2/c1-10-8-17-13-6-5-12(7-14(13)18-9-10)15(16)11-3-2-4-11/h5-7,10-11,15H,2-4,8-9,16H2,1H3. The maximum absolute atomic E-state index is 6.30. The van der Waals surface area contributed by atoms with Gasteiger partial charge in [-0.1, -0.05) is 19.4 Å². The molecule has 0 bridgehead atoms. The van der Waals surface area contributed by atoms with Crippen molar-refractivity contribution in [3.8, 4) is 11.5 Å². The van der Waals surface area contributed by atoms with Gasteiger partial charge in [-0.25, -0.2) is 0 Å². The first-order chi connectivity index (χ1) is 8.74. The molecule has 18 heavy (non-hydrogen) atoms. The molecule has 1 saturated carbocycles. The molecule has 3 heteroatoms. The van der Waals surface area contributed by atoms with Crippen molar-refractivity contribution in [2.75, 3.05) is 13.2 Å². The summed E-state index contributed by atoms with van der Waals surface area (Å²) < 4.78 is 11.5. The van der Waals surface area contributed by atoms with Crippen molar-refractivity contribution >= 4 is 0 Å². The molecule has 0 amide bonds. The highest BCUT2D eigenvalue weighted by Crippen LogP contribution is 2.39. The topological polar surface area (TPSA) is 44.5 Å². The summed E-state index contributed by atoms with van der Waals surface area (Å²) in [6.07, 6.45) is 3.83. The van der Waals surface area contributed by atoms with E-state index in [4.69, 9.17) is 15.2 Å². The van der Waals surface area contributed by atoms with E-state index in [1.165, 1.54) is 24.8 Å². The molecule has 1 heterocycles. The Hall–Kier alpha value is -1.22. The van der Waals surface area contributed by atoms with E-state index in [1.807, 2.05) is 6.07 Å². The highest BCUT2D eigenvalue weighted by molar-refractivity contribution is 5.44. The van der Waals surface area contributed by atoms with Gasteiger partial charge in [-0.3, -0.25) is 0 Å². The molecule has 1 aromatic carbocycles. The Morgan fingerprint density at radius 2 is 1.89 bits per heavy atom. The molecule has 3 rings (SSSR count). The van der Waals surface area contributed by atoms with E-state index >= 15 is 0 Å². The number of rotatable bonds is 2. The van der Waals surface area contributed by atoms with Crippen LogP contribution in [0.15, 0.2) is 18.2 Å². The molecule has 0 saturated heterocycles. The van der Waals surface area contributed by atoms with Crippen molar-refractivity contribution in [1.82, 2.24) is 0 Å². The summed E-state index contributed by atoms with van der Waals surface area (Å²) in [6, 6.07) is 6.30. The van der Waals surface area contributed by atoms with Crippen LogP contribution in [0.25, 0.3) is 0 Å². The first kappa shape index (κ1) is 11.8. The summed E-state index contributed by atoms with van der Waals surface area (Å²) >= 11 is 0. The van der Waals surface area contributed by atoms with Gasteiger partial charge in [0.1, 0.15) is 0 Å². The Kier molecular flexibility index (Phi) is 3.16. The second-order valence-corrected chi connectivity index (χ2v) is 5.65. The molecule has 2 aliphatic rings. The lowest BCUT2D eigenvalue weighted by atomic mass is 9.77. The highest BCUT2D eigenvalue weighted by atomic mass is 16.5. The van der Waals surface area contributed by atoms with Crippen LogP contribution in [-0.2, 0) is 0 Å². The van der Waals surface area contributed by atoms with Crippen molar-refractivity contribution < 1.29 is 9.47 Å². The number of hydrogen-bond acceptors (Lipinski definition) is 3. The summed E-state index contributed by atoms with van der Waals surface area (Å²) in [7, 11) is 0. The molecule has 2 unspecified atom stereocenters. The average Bonchev–Trinajstić information content (AvgIpc) is 2.49. The van der Waals surface area contributed by atoms with Gasteiger partial charge in [-0.05, 0) is 36.5 Å². The molecule has 1 aliphatic heterocycles. The van der Waals surface area contributed by atoms with E-state index < -0.39 is 0 Å². The average molecular weight is 247 g/mol. The van der Waals surface area contributed by atoms with Crippen molar-refractivity contribution in [2.45, 2.75) is 32.2 Å². The zero-order valence-electron chi connectivity index (χ0n) is 10.9. The number of benzene rings is 1. The molecule has 0 spiro atoms. The van der Waals surface area contributed by atoms with Crippen LogP contribution >= 0.6 is 0 Å². The summed E-state index contributed by atoms with van der Waals surface area (Å²) in [4.78, 5) is 0. The van der Waals surface area contributed by atoms with Crippen LogP contribution in [0.2, 0.25) is 0 Å². The third kappa shape index (κ3) is 2.19. The summed E-state index contributed by atoms with van der Waals surface area (Å²) in [6.45, 7) is 3.57. The monoisotopic (exact) mass is 247 g/mol. The van der Waals surface area contributed by atoms with Crippen LogP contribution in [0, 0.1) is 11.8 Å². The molecule has 1 fully saturated rings. The van der Waals surface area contributed by atoms with E-state index in [2.05, 4.69) is 19.1 Å². The van der Waals surface area contributed by atoms with Crippen molar-refractivity contribution in [3.63, 3.8) is 0 Å². The lowest BCUT2D eigenvalue weighted by Gasteiger charge is -2.31. The number of hydrogen-bond donors (Lipinski definition) is 1. The Morgan fingerprint density at radius 1 is 1.17 bits per heavy atom. The van der Waals surface area contributed by atoms with E-state index in [0.717, 1.165) is 24.7 Å². The normalized spacial score (nSPS) is 25.1. The first-order valence-corrected chi connectivity index (χ1v) is 6.89. The second-order valence-electron chi connectivity index (χ2n) is 5.65. The third-order valence-electron chi connectivity index (χ3n) is 4.06. The Morgan fingerprint density at radius 3 is 2.56 bits per heavy atom. The van der Waals surface area contributed by atoms with Crippen LogP contribution in [0.3, 0.4) is 0 Å². The Bertz CT molecular complexity index is 429. The fraction of sp³-hybridized carbons (Fsp3) is 0.600. The minimum Gasteiger partial charge on any atom is -0.489 e. The number of fused-ring (bicyclic) bond motifs is 1. The molecule has 0 radical (unpaired) electrons. The fourth-order valence-corrected chi connectivity index (χ4v) is 2.55. The summed E-state index contributed by atoms with van der Waals surface area (Å²) in [5.74, 6) is 2.78. The van der Waals surface area contributed by atoms with E-state index in [9.17, 15) is 0 Å². The van der Waals surface area contributed by atoms with Gasteiger partial charge in [-0.2, -0.15) is 0 Å². The van der Waals surface area contributed by atoms with Gasteiger partial charge < -0.3 is 15.2 Å². The quantitative estimate of drug-likeness (QED) is 0.874. The molecular weight excluding hydrogens is 226 g/mol. The molecule has 1 aliphatic carbocycles. The van der Waals surface area contributed by atoms with Crippen molar-refractivity contribution in [3.05, 3.63) is 23.8 Å². The SMILES string of the molecule is CC1COc2ccc(C(N)C3CCC3)cc2OC1. The summed E-state index contributed by atoms with van der Waals surface area (Å²) in [5.41, 5.74) is 7.48. The third-order valence-corrected chi connectivity index (χ3v) is 4.06. The predicted octanol–water partition coefficient (Wildman–Crippen LogP) is 2.89. The molecule has 2 N–H and O–H groups in total. The van der Waals surface area contributed by atoms with Crippen LogP contribution < -0.4 is 15.2 Å². The molecule has 1 aromatic rings. The smallest absolute Gasteiger partial charge is 0.161 e. The minimum absolute atomic E-state index is 0.147. The molecule has 0 aromatic heterocycles. The minimum atomic E-state index is 0.147. The zero-order valence-corrected chi connectivity index (χ0v) is 10.9. The van der Waals surface area contributed by atoms with Gasteiger partial charge in [0.25, 0.3) is 0 Å². The molecule has 3 nitrogen and oxygen atoms in total. The fourth-order valence-electron chi connectivity index (χ4n) is 2.55. The first-order valence-electron chi connectivity index (χ1n) is 6.89. The highest BCUT2D eigenvalue weighted by Gasteiger charge is 2.26. The van der Waals surface area contributed by atoms with Gasteiger partial charge in [0.2, 0.25) is 0 Å². The van der Waals surface area contributed by atoms with E-state index in [-0.39, 0.29) is 6.04 Å². The van der Waals surface area contributed by atoms with Gasteiger partial charge in [0.05, 0.1) is 13.2 Å². The maximum atomic E-state index is 6.30. The second kappa shape index (κ2) is 4.81. The Labute approximate surface area is 108 Å². The van der Waals surface area contributed by atoms with E-state index in [1.54, 1.807) is 0 Å². The van der Waals surface area contributed by atoms with Crippen molar-refractivity contribution in [2.24, 2.45) is 17.6 Å². The van der Waals surface area contributed by atoms with Gasteiger partial charge in [0, 0.05) is 12.0 Å². The summed E-state index contributed by atoms with van der Waals surface area (Å²) in [5, 5.41) is 0. The molecular formula is C15H21NO2. The molecule has 2 atom stereocenters. The Balaban J connectivity index is 1.81. The van der Waals surface area contributed by atoms with Crippen molar-refractivity contribution in [1.29, 1.82) is 0 Å². The van der Waals surface area contributed by atoms with Gasteiger partial charge in [0.15, 0.2) is 11.5 Å².